The molecule has 0 unspecified atom stereocenters. The molecule has 0 heterocycles. The van der Waals surface area contributed by atoms with Gasteiger partial charge in [0.25, 0.3) is 0 Å². The summed E-state index contributed by atoms with van der Waals surface area (Å²) in [5.74, 6) is -0.588. The van der Waals surface area contributed by atoms with E-state index in [2.05, 4.69) is 0 Å². The fraction of sp³-hybridized carbons (Fsp3) is 0.222. The van der Waals surface area contributed by atoms with E-state index in [1.807, 2.05) is 0 Å². The zero-order valence-electron chi connectivity index (χ0n) is 6.43. The van der Waals surface area contributed by atoms with Gasteiger partial charge >= 0.3 is 0 Å². The van der Waals surface area contributed by atoms with Crippen LogP contribution in [0.5, 0.6) is 0 Å². The average Bonchev–Trinajstić information content (AvgIpc) is 2.31. The number of ketones is 1. The van der Waals surface area contributed by atoms with E-state index in [-0.39, 0.29) is 11.3 Å². The van der Waals surface area contributed by atoms with E-state index in [0.29, 0.717) is 18.3 Å². The zero-order valence-corrected chi connectivity index (χ0v) is 6.43. The molecule has 0 spiro atoms. The summed E-state index contributed by atoms with van der Waals surface area (Å²) in [6.07, 6.45) is 1.03. The Bertz CT molecular complexity index is 360. The maximum Gasteiger partial charge on any atom is 0.166 e. The fourth-order valence-corrected chi connectivity index (χ4v) is 1.57. The molecule has 0 amide bonds. The largest absolute Gasteiger partial charge is 0.294 e. The summed E-state index contributed by atoms with van der Waals surface area (Å²) < 4.78 is 13.1. The molecule has 0 saturated heterocycles. The Morgan fingerprint density at radius 3 is 2.83 bits per heavy atom. The third-order valence-corrected chi connectivity index (χ3v) is 2.09. The molecule has 58 valence electrons. The van der Waals surface area contributed by atoms with Crippen molar-refractivity contribution in [3.63, 3.8) is 0 Å². The van der Waals surface area contributed by atoms with Crippen LogP contribution in [0.3, 0.4) is 0 Å². The second kappa shape index (κ2) is 2.44. The molecule has 0 fully saturated rings. The van der Waals surface area contributed by atoms with Crippen LogP contribution >= 0.6 is 0 Å². The summed E-state index contributed by atoms with van der Waals surface area (Å²) >= 11 is 0. The Labute approximate surface area is 71.0 Å². The maximum absolute atomic E-state index is 13.1. The van der Waals surface area contributed by atoms with Crippen LogP contribution in [0.4, 0.5) is 4.39 Å². The van der Waals surface area contributed by atoms with Crippen LogP contribution in [0.1, 0.15) is 22.3 Å². The van der Waals surface area contributed by atoms with Gasteiger partial charge in [-0.2, -0.15) is 0 Å². The van der Waals surface area contributed by atoms with Crippen molar-refractivity contribution in [2.24, 2.45) is 0 Å². The lowest BCUT2D eigenvalue weighted by atomic mass is 9.92. The lowest BCUT2D eigenvalue weighted by Gasteiger charge is -2.00. The highest BCUT2D eigenvalue weighted by Gasteiger charge is 2.23. The quantitative estimate of drug-likeness (QED) is 0.511. The van der Waals surface area contributed by atoms with Crippen molar-refractivity contribution >= 4 is 19.1 Å². The van der Waals surface area contributed by atoms with Gasteiger partial charge in [0.15, 0.2) is 5.78 Å². The number of hydrogen-bond acceptors (Lipinski definition) is 1. The molecule has 1 aliphatic carbocycles. The van der Waals surface area contributed by atoms with E-state index in [4.69, 9.17) is 7.85 Å². The molecule has 1 nitrogen and oxygen atoms in total. The minimum absolute atomic E-state index is 0.109. The Hall–Kier alpha value is -1.12. The molecular weight excluding hydrogens is 154 g/mol. The van der Waals surface area contributed by atoms with Gasteiger partial charge in [-0.15, -0.1) is 0 Å². The summed E-state index contributed by atoms with van der Waals surface area (Å²) in [7, 11) is 5.43. The van der Waals surface area contributed by atoms with E-state index in [9.17, 15) is 9.18 Å². The van der Waals surface area contributed by atoms with Crippen LogP contribution in [0.2, 0.25) is 0 Å². The number of carbonyl (C=O) groups excluding carboxylic acids is 1. The number of hydrogen-bond donors (Lipinski definition) is 0. The van der Waals surface area contributed by atoms with E-state index >= 15 is 0 Å². The van der Waals surface area contributed by atoms with E-state index < -0.39 is 5.82 Å². The Morgan fingerprint density at radius 2 is 2.08 bits per heavy atom. The second-order valence-electron chi connectivity index (χ2n) is 2.96. The van der Waals surface area contributed by atoms with Gasteiger partial charge in [-0.05, 0) is 18.1 Å². The molecule has 1 aliphatic rings. The average molecular weight is 160 g/mol. The van der Waals surface area contributed by atoms with Crippen molar-refractivity contribution in [2.75, 3.05) is 0 Å². The lowest BCUT2D eigenvalue weighted by Crippen LogP contribution is -2.07. The minimum Gasteiger partial charge on any atom is -0.294 e. The summed E-state index contributed by atoms with van der Waals surface area (Å²) in [5, 5.41) is 0. The van der Waals surface area contributed by atoms with Gasteiger partial charge in [0.1, 0.15) is 13.7 Å². The molecule has 0 N–H and O–H groups in total. The summed E-state index contributed by atoms with van der Waals surface area (Å²) in [4.78, 5) is 11.1. The van der Waals surface area contributed by atoms with Gasteiger partial charge in [0, 0.05) is 6.42 Å². The number of fused-ring (bicyclic) bond motifs is 1. The molecule has 1 aromatic rings. The van der Waals surface area contributed by atoms with Crippen molar-refractivity contribution in [1.82, 2.24) is 0 Å². The summed E-state index contributed by atoms with van der Waals surface area (Å²) in [5.41, 5.74) is 1.38. The predicted octanol–water partition coefficient (Wildman–Crippen LogP) is 0.748. The molecule has 2 radical (unpaired) electrons. The summed E-state index contributed by atoms with van der Waals surface area (Å²) in [6.45, 7) is 0. The van der Waals surface area contributed by atoms with Gasteiger partial charge < -0.3 is 0 Å². The molecular formula is C9H6BFO. The van der Waals surface area contributed by atoms with Crippen LogP contribution in [-0.2, 0) is 6.42 Å². The number of rotatable bonds is 0. The van der Waals surface area contributed by atoms with Crippen LogP contribution in [0, 0.1) is 5.82 Å². The Kier molecular flexibility index (Phi) is 1.53. The van der Waals surface area contributed by atoms with Crippen molar-refractivity contribution in [1.29, 1.82) is 0 Å². The third kappa shape index (κ3) is 0.968. The summed E-state index contributed by atoms with van der Waals surface area (Å²) in [6, 6.07) is 2.87. The number of aryl methyl sites for hydroxylation is 1. The standard InChI is InChI=1S/C9H6BFO/c10-6-3-5-1-2-8(12)9(5)7(11)4-6/h3-4H,1-2H2. The number of halogens is 1. The highest BCUT2D eigenvalue weighted by atomic mass is 19.1. The highest BCUT2D eigenvalue weighted by Crippen LogP contribution is 2.22. The smallest absolute Gasteiger partial charge is 0.166 e. The molecule has 0 aromatic heterocycles. The number of carbonyl (C=O) groups is 1. The normalized spacial score (nSPS) is 14.9. The highest BCUT2D eigenvalue weighted by molar-refractivity contribution is 6.32. The van der Waals surface area contributed by atoms with Crippen LogP contribution in [0.25, 0.3) is 0 Å². The molecule has 0 saturated carbocycles. The molecule has 0 aliphatic heterocycles. The SMILES string of the molecule is [B]c1cc(F)c2c(c1)CCC2=O. The molecule has 0 atom stereocenters. The molecule has 1 aromatic carbocycles. The first-order chi connectivity index (χ1) is 5.68. The van der Waals surface area contributed by atoms with Crippen molar-refractivity contribution in [3.05, 3.63) is 29.1 Å². The zero-order chi connectivity index (χ0) is 8.72. The Morgan fingerprint density at radius 1 is 1.33 bits per heavy atom. The number of Topliss-reactive ketones (excluding diaryl/α,β-unsaturated/α-hetero) is 1. The maximum atomic E-state index is 13.1. The van der Waals surface area contributed by atoms with Crippen molar-refractivity contribution in [3.8, 4) is 0 Å². The van der Waals surface area contributed by atoms with E-state index in [1.54, 1.807) is 6.07 Å². The fourth-order valence-electron chi connectivity index (χ4n) is 1.57. The van der Waals surface area contributed by atoms with Crippen molar-refractivity contribution in [2.45, 2.75) is 12.8 Å². The molecule has 3 heteroatoms. The van der Waals surface area contributed by atoms with Gasteiger partial charge in [-0.1, -0.05) is 11.5 Å². The third-order valence-electron chi connectivity index (χ3n) is 2.09. The monoisotopic (exact) mass is 160 g/mol. The number of benzene rings is 1. The van der Waals surface area contributed by atoms with Crippen LogP contribution in [-0.4, -0.2) is 13.6 Å². The van der Waals surface area contributed by atoms with Crippen LogP contribution < -0.4 is 5.46 Å². The molecule has 12 heavy (non-hydrogen) atoms. The molecule has 2 rings (SSSR count). The Balaban J connectivity index is 2.68. The van der Waals surface area contributed by atoms with Gasteiger partial charge in [-0.25, -0.2) is 4.39 Å². The van der Waals surface area contributed by atoms with Crippen LogP contribution in [0.15, 0.2) is 12.1 Å². The second-order valence-corrected chi connectivity index (χ2v) is 2.96. The predicted molar refractivity (Wildman–Crippen MR) is 44.4 cm³/mol. The minimum atomic E-state index is -0.479. The van der Waals surface area contributed by atoms with E-state index in [0.717, 1.165) is 5.56 Å². The van der Waals surface area contributed by atoms with Gasteiger partial charge in [0.2, 0.25) is 0 Å². The van der Waals surface area contributed by atoms with E-state index in [1.165, 1.54) is 6.07 Å². The topological polar surface area (TPSA) is 17.1 Å². The van der Waals surface area contributed by atoms with Gasteiger partial charge in [-0.3, -0.25) is 4.79 Å². The first-order valence-corrected chi connectivity index (χ1v) is 3.79. The van der Waals surface area contributed by atoms with Crippen molar-refractivity contribution < 1.29 is 9.18 Å². The first kappa shape index (κ1) is 7.53. The molecule has 0 bridgehead atoms. The first-order valence-electron chi connectivity index (χ1n) is 3.79. The lowest BCUT2D eigenvalue weighted by molar-refractivity contribution is 0.0991. The van der Waals surface area contributed by atoms with Gasteiger partial charge in [0.05, 0.1) is 5.56 Å².